The van der Waals surface area contributed by atoms with Crippen molar-refractivity contribution < 1.29 is 34.3 Å². The zero-order chi connectivity index (χ0) is 23.6. The van der Waals surface area contributed by atoms with Crippen LogP contribution in [0.25, 0.3) is 0 Å². The van der Waals surface area contributed by atoms with Crippen LogP contribution in [0.5, 0.6) is 0 Å². The molecule has 8 nitrogen and oxygen atoms in total. The summed E-state index contributed by atoms with van der Waals surface area (Å²) >= 11 is 0. The van der Waals surface area contributed by atoms with Crippen molar-refractivity contribution >= 4 is 0 Å². The van der Waals surface area contributed by atoms with Crippen molar-refractivity contribution in [2.75, 3.05) is 48.1 Å². The second kappa shape index (κ2) is 7.13. The first kappa shape index (κ1) is 23.1. The van der Waals surface area contributed by atoms with Crippen LogP contribution in [-0.2, 0) is 18.9 Å². The average molecular weight is 468 g/mol. The predicted octanol–water partition coefficient (Wildman–Crippen LogP) is 0.271. The zero-order valence-corrected chi connectivity index (χ0v) is 20.6. The fraction of sp³-hybridized carbons (Fsp3) is 1.00. The molecule has 7 bridgehead atoms. The number of rotatable bonds is 6. The van der Waals surface area contributed by atoms with Gasteiger partial charge in [0.2, 0.25) is 0 Å². The van der Waals surface area contributed by atoms with Gasteiger partial charge in [-0.05, 0) is 31.7 Å². The average Bonchev–Trinajstić information content (AvgIpc) is 3.24. The molecule has 6 aliphatic rings. The summed E-state index contributed by atoms with van der Waals surface area (Å²) in [5.74, 6) is -0.0916. The molecular weight excluding hydrogens is 426 g/mol. The lowest BCUT2D eigenvalue weighted by Gasteiger charge is -2.70. The molecule has 5 saturated carbocycles. The van der Waals surface area contributed by atoms with Gasteiger partial charge in [0.1, 0.15) is 11.2 Å². The van der Waals surface area contributed by atoms with Gasteiger partial charge in [-0.25, -0.2) is 0 Å². The summed E-state index contributed by atoms with van der Waals surface area (Å²) in [5, 5.41) is 36.6. The molecule has 0 amide bonds. The van der Waals surface area contributed by atoms with Gasteiger partial charge in [-0.1, -0.05) is 6.92 Å². The molecule has 0 aromatic carbocycles. The van der Waals surface area contributed by atoms with Crippen molar-refractivity contribution in [1.82, 2.24) is 4.90 Å². The third kappa shape index (κ3) is 2.16. The van der Waals surface area contributed by atoms with Gasteiger partial charge in [-0.2, -0.15) is 0 Å². The molecule has 1 heterocycles. The van der Waals surface area contributed by atoms with Crippen molar-refractivity contribution in [2.45, 2.75) is 74.3 Å². The quantitative estimate of drug-likeness (QED) is 0.512. The van der Waals surface area contributed by atoms with Gasteiger partial charge < -0.3 is 34.3 Å². The van der Waals surface area contributed by atoms with Gasteiger partial charge in [0.05, 0.1) is 37.1 Å². The predicted molar refractivity (Wildman–Crippen MR) is 119 cm³/mol. The van der Waals surface area contributed by atoms with Crippen LogP contribution < -0.4 is 0 Å². The number of likely N-dealkylation sites (N-methyl/N-ethyl adjacent to an activating group) is 1. The molecule has 188 valence electrons. The van der Waals surface area contributed by atoms with Crippen LogP contribution in [0.2, 0.25) is 0 Å². The molecule has 13 atom stereocenters. The third-order valence-electron chi connectivity index (χ3n) is 11.6. The van der Waals surface area contributed by atoms with E-state index < -0.39 is 28.1 Å². The Morgan fingerprint density at radius 1 is 1.03 bits per heavy atom. The van der Waals surface area contributed by atoms with E-state index in [0.29, 0.717) is 13.0 Å². The van der Waals surface area contributed by atoms with Crippen molar-refractivity contribution in [3.63, 3.8) is 0 Å². The molecule has 3 N–H and O–H groups in total. The van der Waals surface area contributed by atoms with E-state index in [1.807, 2.05) is 0 Å². The first-order valence-electron chi connectivity index (χ1n) is 12.7. The molecule has 1 spiro atoms. The van der Waals surface area contributed by atoms with Gasteiger partial charge in [-0.15, -0.1) is 0 Å². The molecule has 5 aliphatic carbocycles. The van der Waals surface area contributed by atoms with E-state index in [-0.39, 0.29) is 54.6 Å². The molecule has 8 heteroatoms. The topological polar surface area (TPSA) is 101 Å². The van der Waals surface area contributed by atoms with Crippen LogP contribution in [0.15, 0.2) is 0 Å². The molecule has 0 aromatic rings. The minimum atomic E-state index is -1.52. The van der Waals surface area contributed by atoms with E-state index in [2.05, 4.69) is 11.8 Å². The highest BCUT2D eigenvalue weighted by atomic mass is 16.5. The number of hydrogen-bond donors (Lipinski definition) is 3. The van der Waals surface area contributed by atoms with Crippen molar-refractivity contribution in [1.29, 1.82) is 0 Å². The molecule has 1 saturated heterocycles. The standard InChI is InChI=1S/C25H41NO7/c1-6-26-11-22(12-27)8-7-16(31-3)24-14-9-13-15(30-2)10-23(28,17(14)18(13)32-4)25(29,21(24)26)20(33-5)19(22)24/h13-21,27-29H,6-12H2,1-5H3/t13-,14-,15+,16+,17?,18+,19-,20+,21-,22+,23-,24?,25-/m1/s1. The van der Waals surface area contributed by atoms with Crippen LogP contribution in [0.4, 0.5) is 0 Å². The second-order valence-electron chi connectivity index (χ2n) is 11.8. The number of aliphatic hydroxyl groups excluding tert-OH is 1. The van der Waals surface area contributed by atoms with Gasteiger partial charge in [0.15, 0.2) is 0 Å². The summed E-state index contributed by atoms with van der Waals surface area (Å²) in [7, 11) is 6.85. The van der Waals surface area contributed by atoms with Crippen LogP contribution in [-0.4, -0.2) is 110 Å². The Bertz CT molecular complexity index is 814. The maximum Gasteiger partial charge on any atom is 0.136 e. The Balaban J connectivity index is 1.68. The van der Waals surface area contributed by atoms with E-state index in [1.54, 1.807) is 28.4 Å². The van der Waals surface area contributed by atoms with E-state index in [1.165, 1.54) is 0 Å². The lowest BCUT2D eigenvalue weighted by atomic mass is 9.42. The van der Waals surface area contributed by atoms with Crippen molar-refractivity contribution in [3.05, 3.63) is 0 Å². The van der Waals surface area contributed by atoms with Crippen LogP contribution in [0, 0.1) is 34.5 Å². The highest BCUT2D eigenvalue weighted by Crippen LogP contribution is 2.80. The number of aliphatic hydroxyl groups is 3. The van der Waals surface area contributed by atoms with E-state index in [4.69, 9.17) is 18.9 Å². The first-order valence-corrected chi connectivity index (χ1v) is 12.7. The van der Waals surface area contributed by atoms with E-state index in [9.17, 15) is 15.3 Å². The van der Waals surface area contributed by atoms with E-state index in [0.717, 1.165) is 25.8 Å². The summed E-state index contributed by atoms with van der Waals surface area (Å²) in [6.07, 6.45) is 1.81. The monoisotopic (exact) mass is 467 g/mol. The number of piperidine rings is 1. The minimum Gasteiger partial charge on any atom is -0.396 e. The maximum absolute atomic E-state index is 13.0. The van der Waals surface area contributed by atoms with Crippen molar-refractivity contribution in [3.8, 4) is 0 Å². The molecule has 1 aliphatic heterocycles. The Labute approximate surface area is 196 Å². The highest BCUT2D eigenvalue weighted by molar-refractivity contribution is 5.41. The first-order chi connectivity index (χ1) is 15.8. The smallest absolute Gasteiger partial charge is 0.136 e. The minimum absolute atomic E-state index is 0.0443. The summed E-state index contributed by atoms with van der Waals surface area (Å²) < 4.78 is 24.5. The fourth-order valence-corrected chi connectivity index (χ4v) is 11.0. The number of fused-ring (bicyclic) bond motifs is 2. The number of methoxy groups -OCH3 is 4. The van der Waals surface area contributed by atoms with Gasteiger partial charge in [0, 0.05) is 70.0 Å². The SMILES string of the molecule is CCN1C[C@]2(CO)CC[C@H](OC)C34[C@@H]5C[C@@H]6[C@@H](OC)C[C@@](O)(C5[C@H]6OC)[C@](O)([C@H]13)[C@@H](OC)[C@@H]42. The Kier molecular flexibility index (Phi) is 4.99. The molecule has 6 rings (SSSR count). The molecule has 0 radical (unpaired) electrons. The Morgan fingerprint density at radius 2 is 1.79 bits per heavy atom. The Hall–Kier alpha value is -0.320. The van der Waals surface area contributed by atoms with Crippen LogP contribution >= 0.6 is 0 Å². The summed E-state index contributed by atoms with van der Waals surface area (Å²) in [5.41, 5.74) is -3.78. The lowest BCUT2D eigenvalue weighted by Crippen LogP contribution is -2.82. The molecule has 0 aromatic heterocycles. The maximum atomic E-state index is 13.0. The van der Waals surface area contributed by atoms with Gasteiger partial charge >= 0.3 is 0 Å². The summed E-state index contributed by atoms with van der Waals surface area (Å²) in [4.78, 5) is 2.33. The van der Waals surface area contributed by atoms with Crippen molar-refractivity contribution in [2.24, 2.45) is 34.5 Å². The van der Waals surface area contributed by atoms with E-state index >= 15 is 0 Å². The number of likely N-dealkylation sites (tertiary alicyclic amines) is 1. The molecular formula is C25H41NO7. The highest BCUT2D eigenvalue weighted by Gasteiger charge is 2.91. The summed E-state index contributed by atoms with van der Waals surface area (Å²) in [6.45, 7) is 3.59. The largest absolute Gasteiger partial charge is 0.396 e. The lowest BCUT2D eigenvalue weighted by molar-refractivity contribution is -0.320. The molecule has 33 heavy (non-hydrogen) atoms. The Morgan fingerprint density at radius 3 is 2.36 bits per heavy atom. The van der Waals surface area contributed by atoms with Gasteiger partial charge in [0.25, 0.3) is 0 Å². The van der Waals surface area contributed by atoms with Crippen LogP contribution in [0.3, 0.4) is 0 Å². The zero-order valence-electron chi connectivity index (χ0n) is 20.6. The normalized spacial score (nSPS) is 60.9. The number of ether oxygens (including phenoxy) is 4. The second-order valence-corrected chi connectivity index (χ2v) is 11.8. The summed E-state index contributed by atoms with van der Waals surface area (Å²) in [6, 6.07) is -0.312. The molecule has 2 unspecified atom stereocenters. The fourth-order valence-electron chi connectivity index (χ4n) is 11.0. The number of hydrogen-bond acceptors (Lipinski definition) is 8. The van der Waals surface area contributed by atoms with Gasteiger partial charge in [-0.3, -0.25) is 4.90 Å². The third-order valence-corrected chi connectivity index (χ3v) is 11.6. The van der Waals surface area contributed by atoms with Crippen LogP contribution in [0.1, 0.15) is 32.6 Å². The number of nitrogens with zero attached hydrogens (tertiary/aromatic N) is 1. The molecule has 6 fully saturated rings.